The van der Waals surface area contributed by atoms with Crippen molar-refractivity contribution in [3.63, 3.8) is 0 Å². The monoisotopic (exact) mass is 335 g/mol. The predicted octanol–water partition coefficient (Wildman–Crippen LogP) is 3.78. The van der Waals surface area contributed by atoms with Crippen LogP contribution >= 0.6 is 0 Å². The molecule has 0 radical (unpaired) electrons. The Bertz CT molecular complexity index is 711. The third-order valence-electron chi connectivity index (χ3n) is 5.85. The van der Waals surface area contributed by atoms with Gasteiger partial charge in [0.05, 0.1) is 6.54 Å². The fraction of sp³-hybridized carbons (Fsp3) is 0.409. The van der Waals surface area contributed by atoms with Gasteiger partial charge in [0, 0.05) is 18.7 Å². The quantitative estimate of drug-likeness (QED) is 0.846. The maximum atomic E-state index is 12.4. The maximum absolute atomic E-state index is 12.4. The molecule has 2 aromatic rings. The minimum atomic E-state index is 0.154. The molecule has 2 atom stereocenters. The van der Waals surface area contributed by atoms with Gasteiger partial charge in [-0.25, -0.2) is 0 Å². The fourth-order valence-corrected chi connectivity index (χ4v) is 4.71. The number of carbonyl (C=O) groups is 1. The van der Waals surface area contributed by atoms with E-state index in [4.69, 9.17) is 0 Å². The van der Waals surface area contributed by atoms with Crippen LogP contribution in [0.15, 0.2) is 54.6 Å². The van der Waals surface area contributed by atoms with Gasteiger partial charge in [0.1, 0.15) is 5.75 Å². The number of ketones is 1. The number of benzene rings is 2. The van der Waals surface area contributed by atoms with E-state index in [9.17, 15) is 9.90 Å². The van der Waals surface area contributed by atoms with E-state index < -0.39 is 0 Å². The third kappa shape index (κ3) is 3.77. The molecule has 2 aliphatic rings. The first kappa shape index (κ1) is 16.3. The van der Waals surface area contributed by atoms with Crippen molar-refractivity contribution in [1.29, 1.82) is 0 Å². The first-order chi connectivity index (χ1) is 12.2. The van der Waals surface area contributed by atoms with E-state index in [1.54, 1.807) is 24.3 Å². The van der Waals surface area contributed by atoms with Gasteiger partial charge < -0.3 is 5.11 Å². The largest absolute Gasteiger partial charge is 0.508 e. The number of hydrogen-bond donors (Lipinski definition) is 1. The Hall–Kier alpha value is -2.13. The summed E-state index contributed by atoms with van der Waals surface area (Å²) in [5.74, 6) is 2.66. The highest BCUT2D eigenvalue weighted by Gasteiger charge is 2.40. The Balaban J connectivity index is 1.29. The molecule has 3 nitrogen and oxygen atoms in total. The highest BCUT2D eigenvalue weighted by molar-refractivity contribution is 5.97. The van der Waals surface area contributed by atoms with Crippen molar-refractivity contribution in [3.8, 4) is 5.75 Å². The molecule has 2 fully saturated rings. The number of phenolic OH excluding ortho intramolecular Hbond substituents is 1. The average Bonchev–Trinajstić information content (AvgIpc) is 3.14. The van der Waals surface area contributed by atoms with Crippen molar-refractivity contribution >= 4 is 5.78 Å². The summed E-state index contributed by atoms with van der Waals surface area (Å²) in [6.45, 7) is 2.61. The predicted molar refractivity (Wildman–Crippen MR) is 98.7 cm³/mol. The summed E-state index contributed by atoms with van der Waals surface area (Å²) in [6.07, 6.45) is 3.78. The molecule has 3 heteroatoms. The summed E-state index contributed by atoms with van der Waals surface area (Å²) >= 11 is 0. The second-order valence-corrected chi connectivity index (χ2v) is 7.71. The first-order valence-corrected chi connectivity index (χ1v) is 9.26. The number of carbonyl (C=O) groups excluding carboxylic acids is 1. The van der Waals surface area contributed by atoms with E-state index in [0.717, 1.165) is 30.8 Å². The van der Waals surface area contributed by atoms with Gasteiger partial charge in [-0.3, -0.25) is 9.69 Å². The van der Waals surface area contributed by atoms with Gasteiger partial charge >= 0.3 is 0 Å². The molecule has 2 unspecified atom stereocenters. The van der Waals surface area contributed by atoms with Crippen molar-refractivity contribution in [2.45, 2.75) is 19.3 Å². The summed E-state index contributed by atoms with van der Waals surface area (Å²) in [5.41, 5.74) is 2.14. The fourth-order valence-electron chi connectivity index (χ4n) is 4.71. The molecule has 1 N–H and O–H groups in total. The number of phenols is 1. The molecule has 4 rings (SSSR count). The van der Waals surface area contributed by atoms with Crippen LogP contribution in [0.2, 0.25) is 0 Å². The molecule has 1 saturated carbocycles. The lowest BCUT2D eigenvalue weighted by molar-refractivity contribution is 0.0940. The standard InChI is InChI=1S/C22H25NO2/c24-21-8-6-18(7-9-21)22(25)15-23-13-19-11-17(12-20(19)14-23)10-16-4-2-1-3-5-16/h1-9,17,19-20,24H,10-15H2. The molecule has 2 aromatic carbocycles. The molecule has 1 aliphatic heterocycles. The van der Waals surface area contributed by atoms with Crippen LogP contribution in [0.3, 0.4) is 0 Å². The molecule has 1 aliphatic carbocycles. The molecular weight excluding hydrogens is 310 g/mol. The number of Topliss-reactive ketones (excluding diaryl/α,β-unsaturated/α-hetero) is 1. The van der Waals surface area contributed by atoms with Crippen LogP contribution in [0.25, 0.3) is 0 Å². The van der Waals surface area contributed by atoms with Crippen molar-refractivity contribution in [2.24, 2.45) is 17.8 Å². The van der Waals surface area contributed by atoms with Gasteiger partial charge in [0.25, 0.3) is 0 Å². The highest BCUT2D eigenvalue weighted by atomic mass is 16.3. The summed E-state index contributed by atoms with van der Waals surface area (Å²) in [5, 5.41) is 9.34. The van der Waals surface area contributed by atoms with E-state index in [-0.39, 0.29) is 11.5 Å². The molecule has 0 aromatic heterocycles. The topological polar surface area (TPSA) is 40.5 Å². The Morgan fingerprint density at radius 3 is 2.24 bits per heavy atom. The lowest BCUT2D eigenvalue weighted by Crippen LogP contribution is -2.29. The smallest absolute Gasteiger partial charge is 0.176 e. The molecule has 0 bridgehead atoms. The Labute approximate surface area is 149 Å². The van der Waals surface area contributed by atoms with E-state index in [0.29, 0.717) is 12.1 Å². The number of hydrogen-bond acceptors (Lipinski definition) is 3. The van der Waals surface area contributed by atoms with Crippen molar-refractivity contribution in [2.75, 3.05) is 19.6 Å². The number of likely N-dealkylation sites (tertiary alicyclic amines) is 1. The summed E-state index contributed by atoms with van der Waals surface area (Å²) in [7, 11) is 0. The van der Waals surface area contributed by atoms with E-state index >= 15 is 0 Å². The van der Waals surface area contributed by atoms with Crippen molar-refractivity contribution in [3.05, 3.63) is 65.7 Å². The van der Waals surface area contributed by atoms with Crippen LogP contribution in [0.1, 0.15) is 28.8 Å². The Morgan fingerprint density at radius 1 is 0.960 bits per heavy atom. The van der Waals surface area contributed by atoms with Gasteiger partial charge in [-0.05, 0) is 66.8 Å². The Kier molecular flexibility index (Phi) is 4.58. The summed E-state index contributed by atoms with van der Waals surface area (Å²) in [6, 6.07) is 17.4. The number of fused-ring (bicyclic) bond motifs is 1. The zero-order chi connectivity index (χ0) is 17.2. The normalized spacial score (nSPS) is 25.8. The number of aromatic hydroxyl groups is 1. The molecule has 1 saturated heterocycles. The van der Waals surface area contributed by atoms with Gasteiger partial charge in [-0.1, -0.05) is 30.3 Å². The van der Waals surface area contributed by atoms with Crippen LogP contribution in [-0.4, -0.2) is 35.4 Å². The van der Waals surface area contributed by atoms with Gasteiger partial charge in [0.2, 0.25) is 0 Å². The van der Waals surface area contributed by atoms with Crippen LogP contribution in [0.4, 0.5) is 0 Å². The second-order valence-electron chi connectivity index (χ2n) is 7.71. The maximum Gasteiger partial charge on any atom is 0.176 e. The number of nitrogens with zero attached hydrogens (tertiary/aromatic N) is 1. The lowest BCUT2D eigenvalue weighted by Gasteiger charge is -2.18. The summed E-state index contributed by atoms with van der Waals surface area (Å²) < 4.78 is 0. The van der Waals surface area contributed by atoms with Gasteiger partial charge in [-0.2, -0.15) is 0 Å². The highest BCUT2D eigenvalue weighted by Crippen LogP contribution is 2.42. The SMILES string of the molecule is O=C(CN1CC2CC(Cc3ccccc3)CC2C1)c1ccc(O)cc1. The molecule has 0 amide bonds. The second kappa shape index (κ2) is 7.01. The lowest BCUT2D eigenvalue weighted by atomic mass is 9.96. The minimum absolute atomic E-state index is 0.154. The van der Waals surface area contributed by atoms with Gasteiger partial charge in [-0.15, -0.1) is 0 Å². The molecule has 130 valence electrons. The average molecular weight is 335 g/mol. The molecule has 25 heavy (non-hydrogen) atoms. The molecular formula is C22H25NO2. The van der Waals surface area contributed by atoms with E-state index in [1.165, 1.54) is 24.8 Å². The zero-order valence-electron chi connectivity index (χ0n) is 14.5. The molecule has 0 spiro atoms. The number of rotatable bonds is 5. The van der Waals surface area contributed by atoms with Crippen LogP contribution in [0.5, 0.6) is 5.75 Å². The summed E-state index contributed by atoms with van der Waals surface area (Å²) in [4.78, 5) is 14.7. The minimum Gasteiger partial charge on any atom is -0.508 e. The van der Waals surface area contributed by atoms with Gasteiger partial charge in [0.15, 0.2) is 5.78 Å². The van der Waals surface area contributed by atoms with E-state index in [1.807, 2.05) is 0 Å². The third-order valence-corrected chi connectivity index (χ3v) is 5.85. The van der Waals surface area contributed by atoms with Crippen molar-refractivity contribution < 1.29 is 9.90 Å². The van der Waals surface area contributed by atoms with Crippen molar-refractivity contribution in [1.82, 2.24) is 4.90 Å². The Morgan fingerprint density at radius 2 is 1.60 bits per heavy atom. The van der Waals surface area contributed by atoms with E-state index in [2.05, 4.69) is 35.2 Å². The van der Waals surface area contributed by atoms with Crippen LogP contribution in [0, 0.1) is 17.8 Å². The first-order valence-electron chi connectivity index (χ1n) is 9.26. The van der Waals surface area contributed by atoms with Crippen LogP contribution < -0.4 is 0 Å². The molecule has 1 heterocycles. The van der Waals surface area contributed by atoms with Crippen LogP contribution in [-0.2, 0) is 6.42 Å². The zero-order valence-corrected chi connectivity index (χ0v) is 14.5.